The van der Waals surface area contributed by atoms with Crippen molar-refractivity contribution in [3.63, 3.8) is 0 Å². The molecule has 2 aliphatic heterocycles. The van der Waals surface area contributed by atoms with Crippen molar-refractivity contribution in [1.29, 1.82) is 0 Å². The van der Waals surface area contributed by atoms with Gasteiger partial charge in [-0.2, -0.15) is 0 Å². The summed E-state index contributed by atoms with van der Waals surface area (Å²) in [6, 6.07) is 7.45. The quantitative estimate of drug-likeness (QED) is 0.333. The molecule has 2 amide bonds. The largest absolute Gasteiger partial charge is 0.491 e. The minimum absolute atomic E-state index is 0.0180. The molecule has 1 aromatic heterocycles. The monoisotopic (exact) mass is 594 g/mol. The van der Waals surface area contributed by atoms with E-state index in [1.807, 2.05) is 38.1 Å². The number of aryl methyl sites for hydroxylation is 1. The van der Waals surface area contributed by atoms with Gasteiger partial charge in [-0.15, -0.1) is 0 Å². The lowest BCUT2D eigenvalue weighted by Crippen LogP contribution is -2.47. The summed E-state index contributed by atoms with van der Waals surface area (Å²) in [6.45, 7) is 11.6. The van der Waals surface area contributed by atoms with Crippen LogP contribution >= 0.6 is 11.6 Å². The van der Waals surface area contributed by atoms with Crippen LogP contribution in [0, 0.1) is 24.2 Å². The van der Waals surface area contributed by atoms with Crippen molar-refractivity contribution in [2.24, 2.45) is 17.3 Å². The van der Waals surface area contributed by atoms with Crippen LogP contribution in [0.25, 0.3) is 0 Å². The second kappa shape index (κ2) is 12.9. The number of piperidine rings is 1. The molecule has 0 radical (unpaired) electrons. The first-order valence-corrected chi connectivity index (χ1v) is 16.2. The number of anilines is 2. The van der Waals surface area contributed by atoms with E-state index in [-0.39, 0.29) is 11.8 Å². The SMILES string of the molecule is CC1CC(C)(C2CCC2)C1.CCCC(=O)Nc1cc(OCCN2CCC3(CC2)C(=O)Nc2ccc(Cl)cc23)cnc1C. The molecule has 2 aromatic rings. The third-order valence-corrected chi connectivity index (χ3v) is 10.3. The second-order valence-electron chi connectivity index (χ2n) is 13.3. The van der Waals surface area contributed by atoms with Crippen LogP contribution < -0.4 is 15.4 Å². The van der Waals surface area contributed by atoms with Gasteiger partial charge in [0, 0.05) is 29.7 Å². The molecule has 4 aliphatic rings. The van der Waals surface area contributed by atoms with Gasteiger partial charge in [-0.3, -0.25) is 19.5 Å². The standard InChI is InChI=1S/C24H29ClN4O3.C10H18/c1-3-4-22(30)27-21-14-18(15-26-16(21)2)32-12-11-29-9-7-24(8-10-29)19-13-17(25)5-6-20(19)28-23(24)31;1-8-6-10(2,7-8)9-4-3-5-9/h5-6,13-15H,3-4,7-12H2,1-2H3,(H,27,30)(H,28,31);8-9H,3-7H2,1-2H3. The summed E-state index contributed by atoms with van der Waals surface area (Å²) in [5.41, 5.74) is 3.66. The number of amides is 2. The lowest BCUT2D eigenvalue weighted by Gasteiger charge is -2.52. The van der Waals surface area contributed by atoms with Crippen molar-refractivity contribution in [2.45, 2.75) is 90.9 Å². The molecule has 3 heterocycles. The van der Waals surface area contributed by atoms with E-state index in [2.05, 4.69) is 34.4 Å². The predicted octanol–water partition coefficient (Wildman–Crippen LogP) is 7.37. The third kappa shape index (κ3) is 6.62. The van der Waals surface area contributed by atoms with E-state index < -0.39 is 5.41 Å². The Balaban J connectivity index is 0.000000295. The number of rotatable bonds is 8. The molecule has 6 rings (SSSR count). The summed E-state index contributed by atoms with van der Waals surface area (Å²) >= 11 is 6.20. The Labute approximate surface area is 256 Å². The van der Waals surface area contributed by atoms with Gasteiger partial charge in [-0.05, 0) is 106 Å². The van der Waals surface area contributed by atoms with Gasteiger partial charge in [0.15, 0.2) is 0 Å². The van der Waals surface area contributed by atoms with Gasteiger partial charge in [0.1, 0.15) is 12.4 Å². The number of hydrogen-bond acceptors (Lipinski definition) is 5. The fourth-order valence-corrected chi connectivity index (χ4v) is 7.64. The third-order valence-electron chi connectivity index (χ3n) is 10.1. The Bertz CT molecular complexity index is 1280. The number of likely N-dealkylation sites (tertiary alicyclic amines) is 1. The van der Waals surface area contributed by atoms with Gasteiger partial charge < -0.3 is 15.4 Å². The van der Waals surface area contributed by atoms with Crippen LogP contribution in [0.3, 0.4) is 0 Å². The summed E-state index contributed by atoms with van der Waals surface area (Å²) < 4.78 is 5.90. The fraction of sp³-hybridized carbons (Fsp3) is 0.618. The van der Waals surface area contributed by atoms with Gasteiger partial charge in [-0.25, -0.2) is 0 Å². The highest BCUT2D eigenvalue weighted by atomic mass is 35.5. The van der Waals surface area contributed by atoms with Crippen LogP contribution in [0.4, 0.5) is 11.4 Å². The van der Waals surface area contributed by atoms with Crippen molar-refractivity contribution in [3.05, 3.63) is 46.7 Å². The Morgan fingerprint density at radius 3 is 2.60 bits per heavy atom. The lowest BCUT2D eigenvalue weighted by molar-refractivity contribution is -0.122. The van der Waals surface area contributed by atoms with Gasteiger partial charge in [0.2, 0.25) is 11.8 Å². The number of fused-ring (bicyclic) bond motifs is 2. The van der Waals surface area contributed by atoms with E-state index in [1.54, 1.807) is 6.20 Å². The van der Waals surface area contributed by atoms with Crippen molar-refractivity contribution >= 4 is 34.8 Å². The molecular weight excluding hydrogens is 548 g/mol. The summed E-state index contributed by atoms with van der Waals surface area (Å²) in [5, 5.41) is 6.57. The fourth-order valence-electron chi connectivity index (χ4n) is 7.46. The van der Waals surface area contributed by atoms with Crippen LogP contribution in [-0.4, -0.2) is 47.9 Å². The number of halogens is 1. The number of hydrogen-bond donors (Lipinski definition) is 2. The van der Waals surface area contributed by atoms with Crippen LogP contribution in [0.5, 0.6) is 5.75 Å². The van der Waals surface area contributed by atoms with Crippen molar-refractivity contribution in [3.8, 4) is 5.75 Å². The van der Waals surface area contributed by atoms with Crippen LogP contribution in [0.15, 0.2) is 30.5 Å². The predicted molar refractivity (Wildman–Crippen MR) is 169 cm³/mol. The summed E-state index contributed by atoms with van der Waals surface area (Å²) in [4.78, 5) is 31.3. The molecule has 0 bridgehead atoms. The van der Waals surface area contributed by atoms with Gasteiger partial charge in [-0.1, -0.05) is 38.8 Å². The first-order valence-electron chi connectivity index (χ1n) is 15.8. The maximum atomic E-state index is 12.8. The number of carbonyl (C=O) groups excluding carboxylic acids is 2. The topological polar surface area (TPSA) is 83.6 Å². The summed E-state index contributed by atoms with van der Waals surface area (Å²) in [5.74, 6) is 2.84. The number of pyridine rings is 1. The van der Waals surface area contributed by atoms with Crippen LogP contribution in [0.1, 0.15) is 89.8 Å². The maximum absolute atomic E-state index is 12.8. The van der Waals surface area contributed by atoms with Crippen LogP contribution in [-0.2, 0) is 15.0 Å². The van der Waals surface area contributed by atoms with Crippen LogP contribution in [0.2, 0.25) is 5.02 Å². The van der Waals surface area contributed by atoms with Crippen molar-refractivity contribution in [2.75, 3.05) is 36.9 Å². The molecular formula is C34H47ClN4O3. The van der Waals surface area contributed by atoms with E-state index in [0.29, 0.717) is 29.5 Å². The molecule has 2 saturated carbocycles. The average Bonchev–Trinajstić information content (AvgIpc) is 3.16. The van der Waals surface area contributed by atoms with Gasteiger partial charge in [0.25, 0.3) is 0 Å². The number of carbonyl (C=O) groups is 2. The average molecular weight is 595 g/mol. The van der Waals surface area contributed by atoms with E-state index in [1.165, 1.54) is 32.1 Å². The van der Waals surface area contributed by atoms with Crippen molar-refractivity contribution in [1.82, 2.24) is 9.88 Å². The molecule has 228 valence electrons. The second-order valence-corrected chi connectivity index (χ2v) is 13.8. The van der Waals surface area contributed by atoms with Gasteiger partial charge >= 0.3 is 0 Å². The first kappa shape index (κ1) is 30.8. The Morgan fingerprint density at radius 2 is 1.95 bits per heavy atom. The Morgan fingerprint density at radius 1 is 1.21 bits per heavy atom. The zero-order valence-electron chi connectivity index (χ0n) is 25.7. The minimum atomic E-state index is -0.482. The molecule has 0 unspecified atom stereocenters. The zero-order chi connectivity index (χ0) is 29.9. The first-order chi connectivity index (χ1) is 20.1. The summed E-state index contributed by atoms with van der Waals surface area (Å²) in [6.07, 6.45) is 12.1. The highest BCUT2D eigenvalue weighted by Gasteiger charge is 2.48. The lowest BCUT2D eigenvalue weighted by atomic mass is 9.53. The molecule has 1 spiro atoms. The zero-order valence-corrected chi connectivity index (χ0v) is 26.5. The molecule has 8 heteroatoms. The molecule has 1 aromatic carbocycles. The molecule has 7 nitrogen and oxygen atoms in total. The Hall–Kier alpha value is -2.64. The normalized spacial score (nSPS) is 24.5. The Kier molecular flexibility index (Phi) is 9.48. The number of ether oxygens (including phenoxy) is 1. The molecule has 2 N–H and O–H groups in total. The van der Waals surface area contributed by atoms with E-state index in [9.17, 15) is 9.59 Å². The highest BCUT2D eigenvalue weighted by Crippen LogP contribution is 2.56. The number of benzene rings is 1. The minimum Gasteiger partial charge on any atom is -0.491 e. The smallest absolute Gasteiger partial charge is 0.235 e. The number of aromatic nitrogens is 1. The van der Waals surface area contributed by atoms with Gasteiger partial charge in [0.05, 0.1) is 23.0 Å². The number of nitrogens with one attached hydrogen (secondary N) is 2. The molecule has 2 aliphatic carbocycles. The molecule has 42 heavy (non-hydrogen) atoms. The molecule has 0 atom stereocenters. The van der Waals surface area contributed by atoms with Crippen molar-refractivity contribution < 1.29 is 14.3 Å². The highest BCUT2D eigenvalue weighted by molar-refractivity contribution is 6.31. The molecule has 3 fully saturated rings. The molecule has 1 saturated heterocycles. The number of nitrogens with zero attached hydrogens (tertiary/aromatic N) is 2. The van der Waals surface area contributed by atoms with E-state index >= 15 is 0 Å². The maximum Gasteiger partial charge on any atom is 0.235 e. The van der Waals surface area contributed by atoms with E-state index in [0.717, 1.165) is 73.1 Å². The van der Waals surface area contributed by atoms with E-state index in [4.69, 9.17) is 16.3 Å². The summed E-state index contributed by atoms with van der Waals surface area (Å²) in [7, 11) is 0.